The summed E-state index contributed by atoms with van der Waals surface area (Å²) in [5, 5.41) is 2.19. The fourth-order valence-corrected chi connectivity index (χ4v) is 5.49. The van der Waals surface area contributed by atoms with Gasteiger partial charge in [0, 0.05) is 16.5 Å². The standard InChI is InChI=1S/C29H26NOP/c1-3-29(4-2,32-31)26-14-8-5-11-23(26)21-17-19-22(20-18-21)30-27-15-9-6-12-24(27)25-13-7-10-16-28(25)30/h5-20H,3-4H2,1-2H3. The van der Waals surface area contributed by atoms with E-state index in [-0.39, 0.29) is 13.6 Å². The van der Waals surface area contributed by atoms with Crippen molar-refractivity contribution in [3.8, 4) is 16.8 Å². The number of benzene rings is 4. The lowest BCUT2D eigenvalue weighted by Crippen LogP contribution is -2.17. The van der Waals surface area contributed by atoms with E-state index in [9.17, 15) is 4.57 Å². The van der Waals surface area contributed by atoms with Gasteiger partial charge in [0.1, 0.15) is 0 Å². The first-order valence-corrected chi connectivity index (χ1v) is 12.1. The molecule has 5 rings (SSSR count). The van der Waals surface area contributed by atoms with E-state index >= 15 is 0 Å². The predicted molar refractivity (Wildman–Crippen MR) is 136 cm³/mol. The third-order valence-electron chi connectivity index (χ3n) is 6.79. The van der Waals surface area contributed by atoms with Gasteiger partial charge in [-0.2, -0.15) is 0 Å². The average molecular weight is 436 g/mol. The maximum Gasteiger partial charge on any atom is 0.166 e. The first-order chi connectivity index (χ1) is 15.7. The van der Waals surface area contributed by atoms with Crippen molar-refractivity contribution < 1.29 is 4.57 Å². The van der Waals surface area contributed by atoms with Crippen LogP contribution in [0.2, 0.25) is 0 Å². The van der Waals surface area contributed by atoms with E-state index in [4.69, 9.17) is 0 Å². The van der Waals surface area contributed by atoms with Gasteiger partial charge in [0.05, 0.1) is 16.2 Å². The molecule has 1 heterocycles. The number of rotatable bonds is 6. The van der Waals surface area contributed by atoms with E-state index in [1.807, 2.05) is 0 Å². The molecule has 3 heteroatoms. The average Bonchev–Trinajstić information content (AvgIpc) is 3.20. The number of nitrogens with zero attached hydrogens (tertiary/aromatic N) is 1. The molecule has 0 aliphatic heterocycles. The highest BCUT2D eigenvalue weighted by atomic mass is 31.1. The van der Waals surface area contributed by atoms with Crippen LogP contribution in [0.15, 0.2) is 97.1 Å². The topological polar surface area (TPSA) is 22.0 Å². The summed E-state index contributed by atoms with van der Waals surface area (Å²) in [4.78, 5) is 0. The number of para-hydroxylation sites is 2. The van der Waals surface area contributed by atoms with Gasteiger partial charge in [-0.3, -0.25) is 4.57 Å². The van der Waals surface area contributed by atoms with Gasteiger partial charge in [0.15, 0.2) is 8.46 Å². The van der Waals surface area contributed by atoms with Gasteiger partial charge < -0.3 is 4.57 Å². The number of aromatic nitrogens is 1. The summed E-state index contributed by atoms with van der Waals surface area (Å²) >= 11 is 0. The second-order valence-electron chi connectivity index (χ2n) is 8.29. The number of fused-ring (bicyclic) bond motifs is 3. The van der Waals surface area contributed by atoms with Crippen molar-refractivity contribution in [2.45, 2.75) is 31.8 Å². The molecule has 0 radical (unpaired) electrons. The summed E-state index contributed by atoms with van der Waals surface area (Å²) in [5.41, 5.74) is 7.04. The van der Waals surface area contributed by atoms with Crippen molar-refractivity contribution in [2.75, 3.05) is 0 Å². The van der Waals surface area contributed by atoms with Gasteiger partial charge in [-0.15, -0.1) is 0 Å². The van der Waals surface area contributed by atoms with Crippen LogP contribution in [-0.4, -0.2) is 4.57 Å². The lowest BCUT2D eigenvalue weighted by Gasteiger charge is -2.27. The Hall–Kier alpha value is -3.22. The zero-order valence-corrected chi connectivity index (χ0v) is 19.3. The first kappa shape index (κ1) is 20.7. The summed E-state index contributed by atoms with van der Waals surface area (Å²) in [6, 6.07) is 34.3. The minimum atomic E-state index is -0.345. The zero-order valence-electron chi connectivity index (χ0n) is 18.5. The van der Waals surface area contributed by atoms with Crippen molar-refractivity contribution in [1.29, 1.82) is 0 Å². The van der Waals surface area contributed by atoms with Crippen LogP contribution in [0.1, 0.15) is 32.3 Å². The Morgan fingerprint density at radius 1 is 0.688 bits per heavy atom. The second kappa shape index (κ2) is 8.37. The summed E-state index contributed by atoms with van der Waals surface area (Å²) in [6.45, 7) is 4.24. The smallest absolute Gasteiger partial charge is 0.166 e. The van der Waals surface area contributed by atoms with Crippen LogP contribution in [-0.2, 0) is 9.72 Å². The number of hydrogen-bond acceptors (Lipinski definition) is 1. The fraction of sp³-hybridized carbons (Fsp3) is 0.172. The molecule has 0 saturated heterocycles. The normalized spacial score (nSPS) is 12.1. The first-order valence-electron chi connectivity index (χ1n) is 11.3. The van der Waals surface area contributed by atoms with Crippen LogP contribution in [0.5, 0.6) is 0 Å². The van der Waals surface area contributed by atoms with Crippen molar-refractivity contribution in [1.82, 2.24) is 4.57 Å². The third kappa shape index (κ3) is 3.18. The van der Waals surface area contributed by atoms with Gasteiger partial charge in [-0.1, -0.05) is 86.6 Å². The monoisotopic (exact) mass is 435 g/mol. The Morgan fingerprint density at radius 3 is 1.78 bits per heavy atom. The van der Waals surface area contributed by atoms with Gasteiger partial charge in [0.25, 0.3) is 0 Å². The van der Waals surface area contributed by atoms with Crippen LogP contribution in [0.3, 0.4) is 0 Å². The van der Waals surface area contributed by atoms with Crippen LogP contribution >= 0.6 is 8.46 Å². The number of hydrogen-bond donors (Lipinski definition) is 0. The summed E-state index contributed by atoms with van der Waals surface area (Å²) < 4.78 is 14.6. The molecule has 0 aliphatic carbocycles. The summed E-state index contributed by atoms with van der Waals surface area (Å²) in [7, 11) is 0.185. The molecule has 158 valence electrons. The lowest BCUT2D eigenvalue weighted by atomic mass is 9.86. The zero-order chi connectivity index (χ0) is 22.1. The summed E-state index contributed by atoms with van der Waals surface area (Å²) in [5.74, 6) is 0. The highest BCUT2D eigenvalue weighted by Crippen LogP contribution is 2.45. The molecule has 32 heavy (non-hydrogen) atoms. The summed E-state index contributed by atoms with van der Waals surface area (Å²) in [6.07, 6.45) is 1.68. The van der Waals surface area contributed by atoms with Crippen LogP contribution in [0, 0.1) is 0 Å². The Kier molecular flexibility index (Phi) is 5.41. The molecular weight excluding hydrogens is 409 g/mol. The van der Waals surface area contributed by atoms with Gasteiger partial charge >= 0.3 is 0 Å². The molecule has 0 amide bonds. The molecule has 0 fully saturated rings. The molecule has 0 N–H and O–H groups in total. The largest absolute Gasteiger partial charge is 0.309 e. The molecule has 0 atom stereocenters. The van der Waals surface area contributed by atoms with E-state index in [2.05, 4.69) is 115 Å². The van der Waals surface area contributed by atoms with Crippen LogP contribution < -0.4 is 0 Å². The Morgan fingerprint density at radius 2 is 1.22 bits per heavy atom. The second-order valence-corrected chi connectivity index (χ2v) is 9.33. The van der Waals surface area contributed by atoms with Gasteiger partial charge in [-0.25, -0.2) is 0 Å². The minimum absolute atomic E-state index is 0.185. The van der Waals surface area contributed by atoms with Crippen LogP contribution in [0.4, 0.5) is 0 Å². The van der Waals surface area contributed by atoms with Crippen molar-refractivity contribution in [2.24, 2.45) is 0 Å². The predicted octanol–water partition coefficient (Wildman–Crippen LogP) is 8.76. The van der Waals surface area contributed by atoms with Crippen LogP contribution in [0.25, 0.3) is 38.6 Å². The maximum atomic E-state index is 12.2. The van der Waals surface area contributed by atoms with Gasteiger partial charge in [-0.05, 0) is 53.8 Å². The van der Waals surface area contributed by atoms with Crippen molar-refractivity contribution >= 4 is 30.3 Å². The molecule has 0 spiro atoms. The minimum Gasteiger partial charge on any atom is -0.309 e. The molecule has 0 unspecified atom stereocenters. The molecular formula is C29H26NOP. The maximum absolute atomic E-state index is 12.2. The highest BCUT2D eigenvalue weighted by molar-refractivity contribution is 7.25. The molecule has 5 aromatic rings. The van der Waals surface area contributed by atoms with E-state index in [0.717, 1.165) is 35.2 Å². The Balaban J connectivity index is 1.66. The van der Waals surface area contributed by atoms with E-state index < -0.39 is 0 Å². The van der Waals surface area contributed by atoms with E-state index in [1.54, 1.807) is 0 Å². The van der Waals surface area contributed by atoms with E-state index in [0.29, 0.717) is 0 Å². The van der Waals surface area contributed by atoms with Crippen molar-refractivity contribution in [3.05, 3.63) is 103 Å². The quantitative estimate of drug-likeness (QED) is 0.244. The molecule has 4 aromatic carbocycles. The van der Waals surface area contributed by atoms with Crippen molar-refractivity contribution in [3.63, 3.8) is 0 Å². The molecule has 0 bridgehead atoms. The molecule has 2 nitrogen and oxygen atoms in total. The molecule has 0 saturated carbocycles. The third-order valence-corrected chi connectivity index (χ3v) is 8.01. The highest BCUT2D eigenvalue weighted by Gasteiger charge is 2.31. The Bertz CT molecular complexity index is 1360. The lowest BCUT2D eigenvalue weighted by molar-refractivity contribution is 0.522. The fourth-order valence-electron chi connectivity index (χ4n) is 4.94. The molecule has 0 aliphatic rings. The van der Waals surface area contributed by atoms with E-state index in [1.165, 1.54) is 21.8 Å². The van der Waals surface area contributed by atoms with Gasteiger partial charge in [0.2, 0.25) is 0 Å². The molecule has 1 aromatic heterocycles. The Labute approximate surface area is 190 Å². The SMILES string of the molecule is CCC(CC)(P=O)c1ccccc1-c1ccc(-n2c3ccccc3c3ccccc32)cc1.